The maximum Gasteiger partial charge on any atom is 0.264 e. The van der Waals surface area contributed by atoms with Gasteiger partial charge in [-0.3, -0.25) is 9.10 Å². The summed E-state index contributed by atoms with van der Waals surface area (Å²) in [6.45, 7) is 1.95. The van der Waals surface area contributed by atoms with Gasteiger partial charge in [0.25, 0.3) is 15.9 Å². The fraction of sp³-hybridized carbons (Fsp3) is 0.125. The van der Waals surface area contributed by atoms with E-state index in [1.807, 2.05) is 43.3 Å². The van der Waals surface area contributed by atoms with Crippen molar-refractivity contribution in [2.45, 2.75) is 17.9 Å². The average molecular weight is 529 g/mol. The van der Waals surface area contributed by atoms with Crippen LogP contribution in [0.2, 0.25) is 0 Å². The van der Waals surface area contributed by atoms with Crippen LogP contribution in [0.3, 0.4) is 0 Å². The van der Waals surface area contributed by atoms with E-state index in [1.54, 1.807) is 42.5 Å². The molecule has 5 nitrogen and oxygen atoms in total. The van der Waals surface area contributed by atoms with Gasteiger partial charge >= 0.3 is 0 Å². The lowest BCUT2D eigenvalue weighted by atomic mass is 10.1. The molecular weight excluding hydrogens is 508 g/mol. The Labute approximate surface area is 199 Å². The van der Waals surface area contributed by atoms with Crippen molar-refractivity contribution in [1.82, 2.24) is 5.32 Å². The molecule has 8 heteroatoms. The number of thiophene rings is 1. The number of amides is 1. The largest absolute Gasteiger partial charge is 0.345 e. The van der Waals surface area contributed by atoms with Gasteiger partial charge in [-0.05, 0) is 66.4 Å². The topological polar surface area (TPSA) is 66.5 Å². The molecule has 0 fully saturated rings. The Morgan fingerprint density at radius 2 is 1.69 bits per heavy atom. The lowest BCUT2D eigenvalue weighted by Crippen LogP contribution is -2.26. The Bertz CT molecular complexity index is 1370. The van der Waals surface area contributed by atoms with Crippen LogP contribution in [0.4, 0.5) is 5.69 Å². The van der Waals surface area contributed by atoms with Crippen LogP contribution in [0.5, 0.6) is 0 Å². The normalized spacial score (nSPS) is 12.5. The van der Waals surface area contributed by atoms with E-state index in [0.717, 1.165) is 20.1 Å². The Balaban J connectivity index is 1.57. The van der Waals surface area contributed by atoms with Gasteiger partial charge < -0.3 is 5.32 Å². The summed E-state index contributed by atoms with van der Waals surface area (Å²) in [5.41, 5.74) is 1.56. The first-order chi connectivity index (χ1) is 15.3. The fourth-order valence-corrected chi connectivity index (χ4v) is 5.73. The molecule has 0 saturated carbocycles. The molecule has 4 aromatic rings. The first-order valence-corrected chi connectivity index (χ1v) is 12.9. The highest BCUT2D eigenvalue weighted by atomic mass is 79.9. The molecule has 32 heavy (non-hydrogen) atoms. The number of fused-ring (bicyclic) bond motifs is 1. The number of hydrogen-bond donors (Lipinski definition) is 1. The molecule has 164 valence electrons. The number of hydrogen-bond acceptors (Lipinski definition) is 4. The number of sulfonamides is 1. The number of anilines is 1. The van der Waals surface area contributed by atoms with E-state index in [-0.39, 0.29) is 16.8 Å². The summed E-state index contributed by atoms with van der Waals surface area (Å²) in [4.78, 5) is 13.6. The van der Waals surface area contributed by atoms with E-state index < -0.39 is 10.0 Å². The molecule has 1 N–H and O–H groups in total. The van der Waals surface area contributed by atoms with Crippen molar-refractivity contribution in [3.8, 4) is 0 Å². The van der Waals surface area contributed by atoms with E-state index in [2.05, 4.69) is 21.2 Å². The van der Waals surface area contributed by atoms with Crippen LogP contribution in [-0.2, 0) is 10.0 Å². The standard InChI is InChI=1S/C24H21BrN2O3S2/c1-16(17-6-4-3-5-7-17)26-24(28)23-15-18-14-20(10-13-22(18)31-23)27(2)32(29,30)21-11-8-19(25)9-12-21/h3-16H,1-2H3,(H,26,28). The quantitative estimate of drug-likeness (QED) is 0.334. The van der Waals surface area contributed by atoms with Gasteiger partial charge in [-0.25, -0.2) is 8.42 Å². The summed E-state index contributed by atoms with van der Waals surface area (Å²) < 4.78 is 29.0. The van der Waals surface area contributed by atoms with Crippen molar-refractivity contribution in [1.29, 1.82) is 0 Å². The molecule has 1 heterocycles. The summed E-state index contributed by atoms with van der Waals surface area (Å²) >= 11 is 4.71. The van der Waals surface area contributed by atoms with E-state index in [1.165, 1.54) is 22.7 Å². The second-order valence-electron chi connectivity index (χ2n) is 7.37. The zero-order valence-electron chi connectivity index (χ0n) is 17.4. The Kier molecular flexibility index (Phi) is 6.37. The summed E-state index contributed by atoms with van der Waals surface area (Å²) in [6, 6.07) is 23.4. The lowest BCUT2D eigenvalue weighted by Gasteiger charge is -2.19. The van der Waals surface area contributed by atoms with E-state index in [4.69, 9.17) is 0 Å². The Morgan fingerprint density at radius 3 is 2.38 bits per heavy atom. The van der Waals surface area contributed by atoms with Gasteiger partial charge in [0.05, 0.1) is 21.5 Å². The molecule has 1 aromatic heterocycles. The molecule has 0 aliphatic carbocycles. The number of halogens is 1. The SMILES string of the molecule is CC(NC(=O)c1cc2cc(N(C)S(=O)(=O)c3ccc(Br)cc3)ccc2s1)c1ccccc1. The number of nitrogens with zero attached hydrogens (tertiary/aromatic N) is 1. The first-order valence-electron chi connectivity index (χ1n) is 9.89. The summed E-state index contributed by atoms with van der Waals surface area (Å²) in [5.74, 6) is -0.153. The van der Waals surface area contributed by atoms with Crippen LogP contribution in [0.1, 0.15) is 28.2 Å². The summed E-state index contributed by atoms with van der Waals surface area (Å²) in [5, 5.41) is 3.84. The second kappa shape index (κ2) is 9.05. The highest BCUT2D eigenvalue weighted by molar-refractivity contribution is 9.10. The third kappa shape index (κ3) is 4.57. The maximum absolute atomic E-state index is 13.0. The van der Waals surface area contributed by atoms with Crippen LogP contribution in [0.15, 0.2) is 88.2 Å². The fourth-order valence-electron chi connectivity index (χ4n) is 3.33. The van der Waals surface area contributed by atoms with Crippen molar-refractivity contribution in [2.75, 3.05) is 11.4 Å². The predicted molar refractivity (Wildman–Crippen MR) is 134 cm³/mol. The van der Waals surface area contributed by atoms with Crippen molar-refractivity contribution in [2.24, 2.45) is 0 Å². The molecule has 0 aliphatic heterocycles. The predicted octanol–water partition coefficient (Wildman–Crippen LogP) is 5.98. The Hall–Kier alpha value is -2.68. The number of benzene rings is 3. The molecular formula is C24H21BrN2O3S2. The third-order valence-electron chi connectivity index (χ3n) is 5.21. The number of nitrogens with one attached hydrogen (secondary N) is 1. The molecule has 1 amide bonds. The zero-order valence-corrected chi connectivity index (χ0v) is 20.7. The van der Waals surface area contributed by atoms with Gasteiger partial charge in [-0.15, -0.1) is 11.3 Å². The lowest BCUT2D eigenvalue weighted by molar-refractivity contribution is 0.0944. The molecule has 1 unspecified atom stereocenters. The highest BCUT2D eigenvalue weighted by Crippen LogP contribution is 2.31. The van der Waals surface area contributed by atoms with Gasteiger partial charge in [0.1, 0.15) is 0 Å². The molecule has 3 aromatic carbocycles. The monoisotopic (exact) mass is 528 g/mol. The Morgan fingerprint density at radius 1 is 1.00 bits per heavy atom. The van der Waals surface area contributed by atoms with Gasteiger partial charge in [0, 0.05) is 16.2 Å². The van der Waals surface area contributed by atoms with Crippen molar-refractivity contribution in [3.05, 3.63) is 93.8 Å². The first kappa shape index (κ1) is 22.5. The summed E-state index contributed by atoms with van der Waals surface area (Å²) in [7, 11) is -2.17. The number of carbonyl (C=O) groups is 1. The van der Waals surface area contributed by atoms with Gasteiger partial charge in [-0.1, -0.05) is 46.3 Å². The van der Waals surface area contributed by atoms with Crippen molar-refractivity contribution < 1.29 is 13.2 Å². The van der Waals surface area contributed by atoms with Crippen LogP contribution < -0.4 is 9.62 Å². The van der Waals surface area contributed by atoms with E-state index >= 15 is 0 Å². The molecule has 1 atom stereocenters. The van der Waals surface area contributed by atoms with Crippen molar-refractivity contribution >= 4 is 59.0 Å². The minimum atomic E-state index is -3.70. The zero-order chi connectivity index (χ0) is 22.9. The third-order valence-corrected chi connectivity index (χ3v) is 8.65. The van der Waals surface area contributed by atoms with Crippen LogP contribution in [0, 0.1) is 0 Å². The highest BCUT2D eigenvalue weighted by Gasteiger charge is 2.22. The molecule has 0 bridgehead atoms. The minimum Gasteiger partial charge on any atom is -0.345 e. The van der Waals surface area contributed by atoms with Crippen LogP contribution in [-0.4, -0.2) is 21.4 Å². The average Bonchev–Trinajstić information content (AvgIpc) is 3.23. The molecule has 0 saturated heterocycles. The number of carbonyl (C=O) groups excluding carboxylic acids is 1. The molecule has 0 radical (unpaired) electrons. The van der Waals surface area contributed by atoms with E-state index in [9.17, 15) is 13.2 Å². The second-order valence-corrected chi connectivity index (χ2v) is 11.3. The van der Waals surface area contributed by atoms with Gasteiger partial charge in [0.15, 0.2) is 0 Å². The van der Waals surface area contributed by atoms with Crippen molar-refractivity contribution in [3.63, 3.8) is 0 Å². The van der Waals surface area contributed by atoms with Gasteiger partial charge in [0.2, 0.25) is 0 Å². The smallest absolute Gasteiger partial charge is 0.264 e. The maximum atomic E-state index is 13.0. The molecule has 0 aliphatic rings. The minimum absolute atomic E-state index is 0.119. The van der Waals surface area contributed by atoms with E-state index in [0.29, 0.717) is 10.6 Å². The summed E-state index contributed by atoms with van der Waals surface area (Å²) in [6.07, 6.45) is 0. The number of rotatable bonds is 6. The van der Waals surface area contributed by atoms with Crippen LogP contribution in [0.25, 0.3) is 10.1 Å². The molecule has 4 rings (SSSR count). The van der Waals surface area contributed by atoms with Crippen LogP contribution >= 0.6 is 27.3 Å². The van der Waals surface area contributed by atoms with Gasteiger partial charge in [-0.2, -0.15) is 0 Å². The molecule has 0 spiro atoms.